The molecule has 0 bridgehead atoms. The molecule has 7 heteroatoms. The molecule has 1 aliphatic heterocycles. The van der Waals surface area contributed by atoms with Crippen LogP contribution in [0, 0.1) is 0 Å². The highest BCUT2D eigenvalue weighted by Crippen LogP contribution is 2.19. The molecule has 1 atom stereocenters. The molecule has 86 valence electrons. The topological polar surface area (TPSA) is 98.5 Å². The second-order valence-corrected chi connectivity index (χ2v) is 4.93. The van der Waals surface area contributed by atoms with Crippen LogP contribution in [0.5, 0.6) is 0 Å². The summed E-state index contributed by atoms with van der Waals surface area (Å²) in [4.78, 5) is 10.9. The summed E-state index contributed by atoms with van der Waals surface area (Å²) in [6.45, 7) is 0.0155. The number of primary sulfonamides is 1. The highest BCUT2D eigenvalue weighted by Gasteiger charge is 2.23. The van der Waals surface area contributed by atoms with Crippen molar-refractivity contribution >= 4 is 15.9 Å². The van der Waals surface area contributed by atoms with E-state index < -0.39 is 16.3 Å². The standard InChI is InChI=1S/C9H10N2O4S/c10-16(13,14)7-3-1-6(2-4-7)9-11-8(12)5-15-9/h1-4,9H,5H2,(H,11,12)(H2,10,13,14). The first-order chi connectivity index (χ1) is 7.47. The minimum atomic E-state index is -3.68. The summed E-state index contributed by atoms with van der Waals surface area (Å²) in [6, 6.07) is 5.85. The Morgan fingerprint density at radius 3 is 2.38 bits per heavy atom. The average Bonchev–Trinajstić information content (AvgIpc) is 2.64. The quantitative estimate of drug-likeness (QED) is 0.729. The summed E-state index contributed by atoms with van der Waals surface area (Å²) in [7, 11) is -3.68. The molecule has 1 aromatic rings. The van der Waals surface area contributed by atoms with Crippen molar-refractivity contribution in [3.05, 3.63) is 29.8 Å². The Bertz CT molecular complexity index is 509. The van der Waals surface area contributed by atoms with Crippen LogP contribution in [0.3, 0.4) is 0 Å². The zero-order valence-corrected chi connectivity index (χ0v) is 9.03. The number of benzene rings is 1. The normalized spacial score (nSPS) is 20.8. The van der Waals surface area contributed by atoms with Crippen LogP contribution in [0.25, 0.3) is 0 Å². The highest BCUT2D eigenvalue weighted by molar-refractivity contribution is 7.89. The molecule has 1 amide bonds. The van der Waals surface area contributed by atoms with Gasteiger partial charge in [0.2, 0.25) is 15.9 Å². The van der Waals surface area contributed by atoms with Gasteiger partial charge in [0.05, 0.1) is 4.90 Å². The Morgan fingerprint density at radius 2 is 1.94 bits per heavy atom. The smallest absolute Gasteiger partial charge is 0.248 e. The molecule has 1 aromatic carbocycles. The lowest BCUT2D eigenvalue weighted by Gasteiger charge is -2.09. The van der Waals surface area contributed by atoms with E-state index in [0.717, 1.165) is 0 Å². The minimum absolute atomic E-state index is 0.0155. The molecule has 0 spiro atoms. The molecule has 0 radical (unpaired) electrons. The Hall–Kier alpha value is -1.44. The van der Waals surface area contributed by atoms with Gasteiger partial charge in [-0.3, -0.25) is 4.79 Å². The minimum Gasteiger partial charge on any atom is -0.344 e. The maximum absolute atomic E-state index is 11.0. The molecule has 1 fully saturated rings. The van der Waals surface area contributed by atoms with Crippen LogP contribution in [0.2, 0.25) is 0 Å². The van der Waals surface area contributed by atoms with E-state index in [1.807, 2.05) is 0 Å². The van der Waals surface area contributed by atoms with Gasteiger partial charge in [-0.05, 0) is 12.1 Å². The van der Waals surface area contributed by atoms with E-state index in [1.165, 1.54) is 12.1 Å². The number of hydrogen-bond acceptors (Lipinski definition) is 4. The van der Waals surface area contributed by atoms with Crippen LogP contribution in [-0.4, -0.2) is 20.9 Å². The predicted octanol–water partition coefficient (Wildman–Crippen LogP) is -0.521. The number of amides is 1. The zero-order valence-electron chi connectivity index (χ0n) is 8.21. The summed E-state index contributed by atoms with van der Waals surface area (Å²) >= 11 is 0. The molecule has 1 heterocycles. The van der Waals surface area contributed by atoms with Crippen molar-refractivity contribution in [3.8, 4) is 0 Å². The SMILES string of the molecule is NS(=O)(=O)c1ccc(C2NC(=O)CO2)cc1. The van der Waals surface area contributed by atoms with Crippen molar-refractivity contribution in [3.63, 3.8) is 0 Å². The van der Waals surface area contributed by atoms with Gasteiger partial charge in [0.1, 0.15) is 6.61 Å². The van der Waals surface area contributed by atoms with Crippen LogP contribution in [-0.2, 0) is 19.6 Å². The maximum Gasteiger partial charge on any atom is 0.248 e. The monoisotopic (exact) mass is 242 g/mol. The number of hydrogen-bond donors (Lipinski definition) is 2. The number of carbonyl (C=O) groups excluding carboxylic acids is 1. The summed E-state index contributed by atoms with van der Waals surface area (Å²) in [5.74, 6) is -0.194. The van der Waals surface area contributed by atoms with Gasteiger partial charge < -0.3 is 10.1 Å². The molecule has 6 nitrogen and oxygen atoms in total. The van der Waals surface area contributed by atoms with E-state index >= 15 is 0 Å². The third-order valence-corrected chi connectivity index (χ3v) is 3.11. The van der Waals surface area contributed by atoms with Crippen molar-refractivity contribution in [2.75, 3.05) is 6.61 Å². The van der Waals surface area contributed by atoms with E-state index in [-0.39, 0.29) is 17.4 Å². The average molecular weight is 242 g/mol. The number of nitrogens with two attached hydrogens (primary N) is 1. The molecule has 0 saturated carbocycles. The van der Waals surface area contributed by atoms with Gasteiger partial charge in [0.25, 0.3) is 0 Å². The number of carbonyl (C=O) groups is 1. The van der Waals surface area contributed by atoms with E-state index in [4.69, 9.17) is 9.88 Å². The van der Waals surface area contributed by atoms with Gasteiger partial charge in [-0.15, -0.1) is 0 Å². The number of ether oxygens (including phenoxy) is 1. The number of rotatable bonds is 2. The first kappa shape index (κ1) is 11.1. The van der Waals surface area contributed by atoms with Gasteiger partial charge in [-0.25, -0.2) is 13.6 Å². The summed E-state index contributed by atoms with van der Waals surface area (Å²) in [6.07, 6.45) is -0.512. The first-order valence-corrected chi connectivity index (χ1v) is 6.05. The van der Waals surface area contributed by atoms with Gasteiger partial charge in [-0.2, -0.15) is 0 Å². The predicted molar refractivity (Wildman–Crippen MR) is 54.7 cm³/mol. The van der Waals surface area contributed by atoms with Crippen molar-refractivity contribution in [1.29, 1.82) is 0 Å². The van der Waals surface area contributed by atoms with Crippen molar-refractivity contribution in [2.24, 2.45) is 5.14 Å². The van der Waals surface area contributed by atoms with Gasteiger partial charge in [0.15, 0.2) is 6.23 Å². The second-order valence-electron chi connectivity index (χ2n) is 3.37. The maximum atomic E-state index is 11.0. The Kier molecular flexibility index (Phi) is 2.66. The fourth-order valence-electron chi connectivity index (χ4n) is 1.40. The van der Waals surface area contributed by atoms with E-state index in [9.17, 15) is 13.2 Å². The fraction of sp³-hybridized carbons (Fsp3) is 0.222. The van der Waals surface area contributed by atoms with Crippen LogP contribution in [0.15, 0.2) is 29.2 Å². The molecule has 16 heavy (non-hydrogen) atoms. The first-order valence-electron chi connectivity index (χ1n) is 4.50. The third kappa shape index (κ3) is 2.21. The van der Waals surface area contributed by atoms with Crippen LogP contribution in [0.4, 0.5) is 0 Å². The summed E-state index contributed by atoms with van der Waals surface area (Å²) in [5.41, 5.74) is 0.679. The lowest BCUT2D eigenvalue weighted by Crippen LogP contribution is -2.19. The molecule has 2 rings (SSSR count). The second kappa shape index (κ2) is 3.85. The summed E-state index contributed by atoms with van der Waals surface area (Å²) < 4.78 is 27.1. The summed E-state index contributed by atoms with van der Waals surface area (Å²) in [5, 5.41) is 7.54. The van der Waals surface area contributed by atoms with Crippen LogP contribution in [0.1, 0.15) is 11.8 Å². The zero-order chi connectivity index (χ0) is 11.8. The number of sulfonamides is 1. The molecule has 0 aromatic heterocycles. The molecule has 1 unspecified atom stereocenters. The molecule has 1 aliphatic rings. The van der Waals surface area contributed by atoms with Gasteiger partial charge in [0, 0.05) is 5.56 Å². The molecule has 0 aliphatic carbocycles. The lowest BCUT2D eigenvalue weighted by molar-refractivity contribution is -0.119. The third-order valence-electron chi connectivity index (χ3n) is 2.18. The van der Waals surface area contributed by atoms with Gasteiger partial charge in [-0.1, -0.05) is 12.1 Å². The number of nitrogens with one attached hydrogen (secondary N) is 1. The molecule has 1 saturated heterocycles. The van der Waals surface area contributed by atoms with E-state index in [2.05, 4.69) is 5.32 Å². The van der Waals surface area contributed by atoms with E-state index in [0.29, 0.717) is 5.56 Å². The van der Waals surface area contributed by atoms with Crippen molar-refractivity contribution in [1.82, 2.24) is 5.32 Å². The molecular weight excluding hydrogens is 232 g/mol. The highest BCUT2D eigenvalue weighted by atomic mass is 32.2. The molecular formula is C9H10N2O4S. The fourth-order valence-corrected chi connectivity index (χ4v) is 1.92. The Morgan fingerprint density at radius 1 is 1.31 bits per heavy atom. The Labute approximate surface area is 92.4 Å². The van der Waals surface area contributed by atoms with Gasteiger partial charge >= 0.3 is 0 Å². The molecule has 3 N–H and O–H groups in total. The van der Waals surface area contributed by atoms with Crippen molar-refractivity contribution < 1.29 is 17.9 Å². The van der Waals surface area contributed by atoms with Crippen LogP contribution >= 0.6 is 0 Å². The van der Waals surface area contributed by atoms with Crippen molar-refractivity contribution in [2.45, 2.75) is 11.1 Å². The Balaban J connectivity index is 2.23. The van der Waals surface area contributed by atoms with Crippen LogP contribution < -0.4 is 10.5 Å². The largest absolute Gasteiger partial charge is 0.344 e. The lowest BCUT2D eigenvalue weighted by atomic mass is 10.2. The van der Waals surface area contributed by atoms with E-state index in [1.54, 1.807) is 12.1 Å².